The van der Waals surface area contributed by atoms with Crippen LogP contribution < -0.4 is 5.56 Å². The smallest absolute Gasteiger partial charge is 0.251 e. The second kappa shape index (κ2) is 6.07. The molecule has 6 heteroatoms. The zero-order chi connectivity index (χ0) is 17.7. The van der Waals surface area contributed by atoms with E-state index in [9.17, 15) is 9.90 Å². The molecule has 0 radical (unpaired) electrons. The molecule has 134 valence electrons. The van der Waals surface area contributed by atoms with Gasteiger partial charge in [0.05, 0.1) is 12.6 Å². The Morgan fingerprint density at radius 3 is 3.04 bits per heavy atom. The third-order valence-electron chi connectivity index (χ3n) is 5.99. The molecule has 0 spiro atoms. The number of aromatic nitrogens is 3. The molecule has 2 bridgehead atoms. The maximum atomic E-state index is 12.4. The molecule has 6 nitrogen and oxygen atoms in total. The van der Waals surface area contributed by atoms with E-state index >= 15 is 0 Å². The van der Waals surface area contributed by atoms with Gasteiger partial charge in [-0.1, -0.05) is 6.07 Å². The fourth-order valence-corrected chi connectivity index (χ4v) is 4.88. The van der Waals surface area contributed by atoms with Crippen LogP contribution in [0.5, 0.6) is 0 Å². The molecule has 3 aromatic rings. The van der Waals surface area contributed by atoms with Crippen LogP contribution in [0.15, 0.2) is 47.5 Å². The van der Waals surface area contributed by atoms with Crippen LogP contribution in [-0.4, -0.2) is 44.2 Å². The zero-order valence-corrected chi connectivity index (χ0v) is 14.5. The molecule has 2 aliphatic heterocycles. The van der Waals surface area contributed by atoms with Crippen LogP contribution in [0.1, 0.15) is 29.6 Å². The maximum absolute atomic E-state index is 12.4. The van der Waals surface area contributed by atoms with Crippen molar-refractivity contribution in [3.63, 3.8) is 0 Å². The highest BCUT2D eigenvalue weighted by Gasteiger charge is 2.40. The van der Waals surface area contributed by atoms with Gasteiger partial charge < -0.3 is 14.7 Å². The van der Waals surface area contributed by atoms with E-state index in [1.807, 2.05) is 29.0 Å². The minimum absolute atomic E-state index is 0.00685. The van der Waals surface area contributed by atoms with Gasteiger partial charge in [0.15, 0.2) is 0 Å². The molecule has 1 fully saturated rings. The summed E-state index contributed by atoms with van der Waals surface area (Å²) in [5, 5.41) is 11.1. The highest BCUT2D eigenvalue weighted by molar-refractivity contribution is 5.79. The summed E-state index contributed by atoms with van der Waals surface area (Å²) < 4.78 is 1.84. The number of hydrogen-bond donors (Lipinski definition) is 2. The van der Waals surface area contributed by atoms with Crippen molar-refractivity contribution in [1.29, 1.82) is 0 Å². The Bertz CT molecular complexity index is 1010. The molecule has 2 N–H and O–H groups in total. The molecule has 1 saturated heterocycles. The van der Waals surface area contributed by atoms with Gasteiger partial charge in [-0.3, -0.25) is 9.69 Å². The van der Waals surface area contributed by atoms with E-state index in [1.165, 1.54) is 10.9 Å². The first-order chi connectivity index (χ1) is 12.7. The summed E-state index contributed by atoms with van der Waals surface area (Å²) in [4.78, 5) is 22.5. The van der Waals surface area contributed by atoms with Crippen LogP contribution in [-0.2, 0) is 6.54 Å². The molecule has 0 aromatic carbocycles. The van der Waals surface area contributed by atoms with E-state index in [2.05, 4.69) is 20.9 Å². The highest BCUT2D eigenvalue weighted by Crippen LogP contribution is 2.41. The third kappa shape index (κ3) is 2.40. The Morgan fingerprint density at radius 2 is 2.15 bits per heavy atom. The molecule has 2 aliphatic rings. The summed E-state index contributed by atoms with van der Waals surface area (Å²) in [5.74, 6) is 0.642. The third-order valence-corrected chi connectivity index (χ3v) is 5.99. The number of likely N-dealkylation sites (tertiary alicyclic amines) is 1. The molecule has 3 aromatic heterocycles. The van der Waals surface area contributed by atoms with Crippen LogP contribution in [0.25, 0.3) is 11.0 Å². The Kier molecular flexibility index (Phi) is 3.69. The number of fused-ring (bicyclic) bond motifs is 5. The Labute approximate surface area is 151 Å². The number of aliphatic hydroxyl groups excluding tert-OH is 1. The Morgan fingerprint density at radius 1 is 1.23 bits per heavy atom. The lowest BCUT2D eigenvalue weighted by atomic mass is 9.78. The molecule has 0 unspecified atom stereocenters. The van der Waals surface area contributed by atoms with Gasteiger partial charge in [-0.15, -0.1) is 0 Å². The van der Waals surface area contributed by atoms with Gasteiger partial charge in [0.25, 0.3) is 5.56 Å². The highest BCUT2D eigenvalue weighted by atomic mass is 16.3. The summed E-state index contributed by atoms with van der Waals surface area (Å²) in [6.07, 6.45) is 4.89. The SMILES string of the molecule is O=c1cccc2n1[C@@H](CO)[C@H]1C[C@@H]2CN(Cc2c[nH]c3ncccc23)C1. The van der Waals surface area contributed by atoms with E-state index in [0.717, 1.165) is 37.4 Å². The molecular formula is C20H22N4O2. The zero-order valence-electron chi connectivity index (χ0n) is 14.5. The van der Waals surface area contributed by atoms with E-state index in [0.29, 0.717) is 11.8 Å². The minimum atomic E-state index is -0.123. The van der Waals surface area contributed by atoms with Gasteiger partial charge in [-0.2, -0.15) is 0 Å². The fraction of sp³-hybridized carbons (Fsp3) is 0.400. The Hall–Kier alpha value is -2.44. The number of aliphatic hydroxyl groups is 1. The first kappa shape index (κ1) is 15.8. The lowest BCUT2D eigenvalue weighted by molar-refractivity contribution is 0.0582. The Balaban J connectivity index is 1.47. The molecule has 0 aliphatic carbocycles. The van der Waals surface area contributed by atoms with Crippen LogP contribution in [0.4, 0.5) is 0 Å². The molecule has 5 heterocycles. The van der Waals surface area contributed by atoms with E-state index < -0.39 is 0 Å². The van der Waals surface area contributed by atoms with E-state index in [1.54, 1.807) is 12.3 Å². The molecule has 5 rings (SSSR count). The lowest BCUT2D eigenvalue weighted by Gasteiger charge is -2.46. The van der Waals surface area contributed by atoms with Gasteiger partial charge in [-0.05, 0) is 36.1 Å². The van der Waals surface area contributed by atoms with Gasteiger partial charge in [0.2, 0.25) is 0 Å². The monoisotopic (exact) mass is 350 g/mol. The molecular weight excluding hydrogens is 328 g/mol. The predicted octanol–water partition coefficient (Wildman–Crippen LogP) is 1.88. The van der Waals surface area contributed by atoms with Crippen LogP contribution in [0.3, 0.4) is 0 Å². The van der Waals surface area contributed by atoms with Gasteiger partial charge in [-0.25, -0.2) is 4.98 Å². The molecule has 3 atom stereocenters. The summed E-state index contributed by atoms with van der Waals surface area (Å²) in [6, 6.07) is 9.43. The number of H-pyrrole nitrogens is 1. The second-order valence-corrected chi connectivity index (χ2v) is 7.51. The van der Waals surface area contributed by atoms with E-state index in [4.69, 9.17) is 0 Å². The normalized spacial score (nSPS) is 25.3. The average Bonchev–Trinajstić information content (AvgIpc) is 3.06. The lowest BCUT2D eigenvalue weighted by Crippen LogP contribution is -2.50. The van der Waals surface area contributed by atoms with Crippen molar-refractivity contribution in [3.05, 3.63) is 64.3 Å². The van der Waals surface area contributed by atoms with Crippen LogP contribution >= 0.6 is 0 Å². The van der Waals surface area contributed by atoms with Crippen molar-refractivity contribution in [3.8, 4) is 0 Å². The van der Waals surface area contributed by atoms with Gasteiger partial charge in [0.1, 0.15) is 5.65 Å². The van der Waals surface area contributed by atoms with Gasteiger partial charge in [0, 0.05) is 55.1 Å². The maximum Gasteiger partial charge on any atom is 0.251 e. The number of rotatable bonds is 3. The first-order valence-corrected chi connectivity index (χ1v) is 9.20. The summed E-state index contributed by atoms with van der Waals surface area (Å²) in [6.45, 7) is 2.70. The number of pyridine rings is 2. The predicted molar refractivity (Wildman–Crippen MR) is 99.0 cm³/mol. The standard InChI is InChI=1S/C20H22N4O2/c25-12-18-14-7-13(17-4-1-5-19(26)24(17)18)9-23(10-14)11-15-8-22-20-16(15)3-2-6-21-20/h1-6,8,13-14,18,25H,7,9-12H2,(H,21,22)/t13-,14+,18+/m1/s1. The number of piperidine rings is 1. The van der Waals surface area contributed by atoms with Crippen LogP contribution in [0, 0.1) is 5.92 Å². The molecule has 26 heavy (non-hydrogen) atoms. The fourth-order valence-electron chi connectivity index (χ4n) is 4.88. The second-order valence-electron chi connectivity index (χ2n) is 7.51. The van der Waals surface area contributed by atoms with Crippen molar-refractivity contribution < 1.29 is 5.11 Å². The summed E-state index contributed by atoms with van der Waals surface area (Å²) in [5.41, 5.74) is 3.24. The van der Waals surface area contributed by atoms with Crippen molar-refractivity contribution in [2.45, 2.75) is 24.9 Å². The van der Waals surface area contributed by atoms with Crippen LogP contribution in [0.2, 0.25) is 0 Å². The number of nitrogens with zero attached hydrogens (tertiary/aromatic N) is 3. The van der Waals surface area contributed by atoms with Crippen molar-refractivity contribution >= 4 is 11.0 Å². The first-order valence-electron chi connectivity index (χ1n) is 9.20. The average molecular weight is 350 g/mol. The van der Waals surface area contributed by atoms with Crippen molar-refractivity contribution in [2.24, 2.45) is 5.92 Å². The quantitative estimate of drug-likeness (QED) is 0.756. The van der Waals surface area contributed by atoms with Crippen molar-refractivity contribution in [1.82, 2.24) is 19.4 Å². The van der Waals surface area contributed by atoms with Crippen molar-refractivity contribution in [2.75, 3.05) is 19.7 Å². The molecule has 0 saturated carbocycles. The summed E-state index contributed by atoms with van der Waals surface area (Å²) in [7, 11) is 0. The largest absolute Gasteiger partial charge is 0.394 e. The number of nitrogens with one attached hydrogen (secondary N) is 1. The molecule has 0 amide bonds. The number of aromatic amines is 1. The minimum Gasteiger partial charge on any atom is -0.394 e. The topological polar surface area (TPSA) is 74.2 Å². The summed E-state index contributed by atoms with van der Waals surface area (Å²) >= 11 is 0. The van der Waals surface area contributed by atoms with Gasteiger partial charge >= 0.3 is 0 Å². The number of hydrogen-bond acceptors (Lipinski definition) is 4. The van der Waals surface area contributed by atoms with E-state index in [-0.39, 0.29) is 18.2 Å².